The van der Waals surface area contributed by atoms with Gasteiger partial charge in [0.1, 0.15) is 12.1 Å². The van der Waals surface area contributed by atoms with E-state index in [1.54, 1.807) is 11.8 Å². The van der Waals surface area contributed by atoms with Crippen molar-refractivity contribution in [2.75, 3.05) is 19.7 Å². The molecule has 1 fully saturated rings. The SMILES string of the molecule is C[C@@H](NC(=O)C(C)(C)C)C(=O)N1CCOC(c2ccccc2)C1. The van der Waals surface area contributed by atoms with Crippen LogP contribution in [0.25, 0.3) is 0 Å². The summed E-state index contributed by atoms with van der Waals surface area (Å²) < 4.78 is 5.78. The molecule has 126 valence electrons. The largest absolute Gasteiger partial charge is 0.370 e. The van der Waals surface area contributed by atoms with Crippen LogP contribution in [0, 0.1) is 5.41 Å². The van der Waals surface area contributed by atoms with E-state index in [9.17, 15) is 9.59 Å². The second kappa shape index (κ2) is 7.13. The molecule has 0 spiro atoms. The molecule has 2 rings (SSSR count). The molecule has 0 saturated carbocycles. The van der Waals surface area contributed by atoms with Crippen LogP contribution in [-0.4, -0.2) is 42.5 Å². The molecule has 1 N–H and O–H groups in total. The zero-order valence-corrected chi connectivity index (χ0v) is 14.3. The summed E-state index contributed by atoms with van der Waals surface area (Å²) in [7, 11) is 0. The lowest BCUT2D eigenvalue weighted by atomic mass is 9.95. The normalized spacial score (nSPS) is 20.0. The predicted molar refractivity (Wildman–Crippen MR) is 88.8 cm³/mol. The molecule has 0 bridgehead atoms. The molecular formula is C18H26N2O3. The summed E-state index contributed by atoms with van der Waals surface area (Å²) in [5.74, 6) is -0.182. The molecular weight excluding hydrogens is 292 g/mol. The van der Waals surface area contributed by atoms with E-state index in [-0.39, 0.29) is 17.9 Å². The van der Waals surface area contributed by atoms with E-state index < -0.39 is 11.5 Å². The summed E-state index contributed by atoms with van der Waals surface area (Å²) in [5.41, 5.74) is 0.558. The van der Waals surface area contributed by atoms with Gasteiger partial charge in [0.15, 0.2) is 0 Å². The van der Waals surface area contributed by atoms with Gasteiger partial charge < -0.3 is 15.0 Å². The molecule has 1 saturated heterocycles. The van der Waals surface area contributed by atoms with Crippen molar-refractivity contribution in [1.29, 1.82) is 0 Å². The van der Waals surface area contributed by atoms with Crippen molar-refractivity contribution in [2.45, 2.75) is 39.8 Å². The number of morpholine rings is 1. The first-order valence-corrected chi connectivity index (χ1v) is 8.05. The summed E-state index contributed by atoms with van der Waals surface area (Å²) >= 11 is 0. The zero-order chi connectivity index (χ0) is 17.0. The minimum Gasteiger partial charge on any atom is -0.370 e. The van der Waals surface area contributed by atoms with Gasteiger partial charge >= 0.3 is 0 Å². The molecule has 1 aliphatic heterocycles. The van der Waals surface area contributed by atoms with Crippen molar-refractivity contribution >= 4 is 11.8 Å². The molecule has 5 nitrogen and oxygen atoms in total. The number of ether oxygens (including phenoxy) is 1. The summed E-state index contributed by atoms with van der Waals surface area (Å²) in [6, 6.07) is 9.36. The van der Waals surface area contributed by atoms with Gasteiger partial charge in [0.25, 0.3) is 0 Å². The minimum atomic E-state index is -0.531. The van der Waals surface area contributed by atoms with E-state index in [0.29, 0.717) is 19.7 Å². The molecule has 1 unspecified atom stereocenters. The first kappa shape index (κ1) is 17.5. The molecule has 1 aliphatic rings. The highest BCUT2D eigenvalue weighted by Gasteiger charge is 2.30. The molecule has 1 heterocycles. The molecule has 2 amide bonds. The maximum atomic E-state index is 12.6. The lowest BCUT2D eigenvalue weighted by Gasteiger charge is -2.35. The molecule has 23 heavy (non-hydrogen) atoms. The number of nitrogens with one attached hydrogen (secondary N) is 1. The Morgan fingerprint density at radius 2 is 1.91 bits per heavy atom. The van der Waals surface area contributed by atoms with E-state index in [4.69, 9.17) is 4.74 Å². The van der Waals surface area contributed by atoms with Crippen molar-refractivity contribution in [2.24, 2.45) is 5.41 Å². The van der Waals surface area contributed by atoms with Gasteiger partial charge in [0.2, 0.25) is 11.8 Å². The van der Waals surface area contributed by atoms with Crippen LogP contribution in [0.1, 0.15) is 39.4 Å². The third-order valence-electron chi connectivity index (χ3n) is 3.95. The molecule has 0 aromatic heterocycles. The second-order valence-corrected chi connectivity index (χ2v) is 7.00. The molecule has 0 radical (unpaired) electrons. The van der Waals surface area contributed by atoms with Gasteiger partial charge in [0, 0.05) is 12.0 Å². The van der Waals surface area contributed by atoms with E-state index >= 15 is 0 Å². The number of nitrogens with zero attached hydrogens (tertiary/aromatic N) is 1. The van der Waals surface area contributed by atoms with Crippen LogP contribution >= 0.6 is 0 Å². The Morgan fingerprint density at radius 1 is 1.26 bits per heavy atom. The fraction of sp³-hybridized carbons (Fsp3) is 0.556. The highest BCUT2D eigenvalue weighted by atomic mass is 16.5. The van der Waals surface area contributed by atoms with Crippen molar-refractivity contribution in [3.05, 3.63) is 35.9 Å². The maximum absolute atomic E-state index is 12.6. The standard InChI is InChI=1S/C18H26N2O3/c1-13(19-17(22)18(2,3)4)16(21)20-10-11-23-15(12-20)14-8-6-5-7-9-14/h5-9,13,15H,10-12H2,1-4H3,(H,19,22)/t13-,15?/m1/s1. The van der Waals surface area contributed by atoms with Crippen molar-refractivity contribution in [3.8, 4) is 0 Å². The average Bonchev–Trinajstić information content (AvgIpc) is 2.54. The van der Waals surface area contributed by atoms with Crippen molar-refractivity contribution in [3.63, 3.8) is 0 Å². The van der Waals surface area contributed by atoms with Crippen LogP contribution < -0.4 is 5.32 Å². The fourth-order valence-corrected chi connectivity index (χ4v) is 2.47. The fourth-order valence-electron chi connectivity index (χ4n) is 2.47. The van der Waals surface area contributed by atoms with Crippen LogP contribution in [0.15, 0.2) is 30.3 Å². The minimum absolute atomic E-state index is 0.0631. The summed E-state index contributed by atoms with van der Waals surface area (Å²) in [5, 5.41) is 2.80. The predicted octanol–water partition coefficient (Wildman–Crippen LogP) is 2.14. The van der Waals surface area contributed by atoms with Gasteiger partial charge in [-0.1, -0.05) is 51.1 Å². The highest BCUT2D eigenvalue weighted by Crippen LogP contribution is 2.22. The first-order valence-electron chi connectivity index (χ1n) is 8.05. The van der Waals surface area contributed by atoms with Crippen LogP contribution in [0.4, 0.5) is 0 Å². The Kier molecular flexibility index (Phi) is 5.42. The second-order valence-electron chi connectivity index (χ2n) is 7.00. The molecule has 1 aromatic carbocycles. The van der Waals surface area contributed by atoms with E-state index in [0.717, 1.165) is 5.56 Å². The van der Waals surface area contributed by atoms with Crippen molar-refractivity contribution < 1.29 is 14.3 Å². The number of benzene rings is 1. The van der Waals surface area contributed by atoms with Crippen molar-refractivity contribution in [1.82, 2.24) is 10.2 Å². The van der Waals surface area contributed by atoms with E-state index in [2.05, 4.69) is 5.32 Å². The topological polar surface area (TPSA) is 58.6 Å². The van der Waals surface area contributed by atoms with Gasteiger partial charge in [-0.15, -0.1) is 0 Å². The molecule has 1 aromatic rings. The monoisotopic (exact) mass is 318 g/mol. The van der Waals surface area contributed by atoms with Gasteiger partial charge in [-0.25, -0.2) is 0 Å². The maximum Gasteiger partial charge on any atom is 0.245 e. The lowest BCUT2D eigenvalue weighted by Crippen LogP contribution is -2.52. The Morgan fingerprint density at radius 3 is 2.52 bits per heavy atom. The number of amides is 2. The van der Waals surface area contributed by atoms with Gasteiger partial charge in [-0.05, 0) is 12.5 Å². The summed E-state index contributed by atoms with van der Waals surface area (Å²) in [4.78, 5) is 26.4. The number of rotatable bonds is 3. The van der Waals surface area contributed by atoms with Crippen LogP contribution in [-0.2, 0) is 14.3 Å². The third-order valence-corrected chi connectivity index (χ3v) is 3.95. The third kappa shape index (κ3) is 4.55. The number of carbonyl (C=O) groups is 2. The Bertz CT molecular complexity index is 551. The van der Waals surface area contributed by atoms with Gasteiger partial charge in [0.05, 0.1) is 13.2 Å². The Balaban J connectivity index is 1.98. The average molecular weight is 318 g/mol. The molecule has 2 atom stereocenters. The van der Waals surface area contributed by atoms with E-state index in [1.165, 1.54) is 0 Å². The zero-order valence-electron chi connectivity index (χ0n) is 14.3. The Labute approximate surface area is 138 Å². The van der Waals surface area contributed by atoms with Crippen LogP contribution in [0.2, 0.25) is 0 Å². The Hall–Kier alpha value is -1.88. The molecule has 0 aliphatic carbocycles. The van der Waals surface area contributed by atoms with Gasteiger partial charge in [-0.3, -0.25) is 9.59 Å². The number of carbonyl (C=O) groups excluding carboxylic acids is 2. The quantitative estimate of drug-likeness (QED) is 0.929. The van der Waals surface area contributed by atoms with E-state index in [1.807, 2.05) is 51.1 Å². The summed E-state index contributed by atoms with van der Waals surface area (Å²) in [6.45, 7) is 8.81. The summed E-state index contributed by atoms with van der Waals surface area (Å²) in [6.07, 6.45) is -0.112. The number of hydrogen-bond acceptors (Lipinski definition) is 3. The lowest BCUT2D eigenvalue weighted by molar-refractivity contribution is -0.143. The molecule has 5 heteroatoms. The first-order chi connectivity index (χ1) is 10.8. The smallest absolute Gasteiger partial charge is 0.245 e. The number of hydrogen-bond donors (Lipinski definition) is 1. The highest BCUT2D eigenvalue weighted by molar-refractivity contribution is 5.89. The van der Waals surface area contributed by atoms with Gasteiger partial charge in [-0.2, -0.15) is 0 Å². The van der Waals surface area contributed by atoms with Crippen LogP contribution in [0.5, 0.6) is 0 Å². The van der Waals surface area contributed by atoms with Crippen LogP contribution in [0.3, 0.4) is 0 Å².